The third-order valence-electron chi connectivity index (χ3n) is 7.62. The van der Waals surface area contributed by atoms with Crippen molar-refractivity contribution in [3.63, 3.8) is 0 Å². The van der Waals surface area contributed by atoms with E-state index >= 15 is 0 Å². The van der Waals surface area contributed by atoms with Crippen molar-refractivity contribution in [2.45, 2.75) is 23.6 Å². The van der Waals surface area contributed by atoms with Crippen LogP contribution in [0, 0.1) is 13.8 Å². The molecule has 6 aromatic rings. The van der Waals surface area contributed by atoms with Crippen molar-refractivity contribution < 1.29 is 84.2 Å². The van der Waals surface area contributed by atoms with Crippen molar-refractivity contribution in [2.24, 2.45) is 20.5 Å². The van der Waals surface area contributed by atoms with E-state index in [4.69, 9.17) is 23.2 Å². The molecular formula is C34H28Cl2CrN10NaO8S2-3. The first-order valence-electron chi connectivity index (χ1n) is 15.8. The molecular weight excluding hydrogens is 886 g/mol. The Morgan fingerprint density at radius 1 is 0.586 bits per heavy atom. The largest absolute Gasteiger partial charge is 1.00 e. The van der Waals surface area contributed by atoms with Crippen LogP contribution in [0.1, 0.15) is 11.4 Å². The fourth-order valence-corrected chi connectivity index (χ4v) is 6.59. The van der Waals surface area contributed by atoms with E-state index < -0.39 is 43.3 Å². The first-order valence-corrected chi connectivity index (χ1v) is 19.6. The van der Waals surface area contributed by atoms with Gasteiger partial charge in [-0.3, -0.25) is 0 Å². The van der Waals surface area contributed by atoms with Gasteiger partial charge in [-0.15, -0.1) is 10.2 Å². The number of benzene rings is 4. The summed E-state index contributed by atoms with van der Waals surface area (Å²) in [6, 6.07) is 19.7. The van der Waals surface area contributed by atoms with Crippen molar-refractivity contribution >= 4 is 66.0 Å². The summed E-state index contributed by atoms with van der Waals surface area (Å²) < 4.78 is 54.0. The Bertz CT molecular complexity index is 2550. The average Bonchev–Trinajstić information content (AvgIpc) is 3.62. The molecule has 0 spiro atoms. The van der Waals surface area contributed by atoms with Gasteiger partial charge in [-0.2, -0.15) is 20.4 Å². The molecule has 18 nitrogen and oxygen atoms in total. The number of aryl methyl sites for hydroxylation is 2. The summed E-state index contributed by atoms with van der Waals surface area (Å²) in [5.41, 5.74) is 0.918. The van der Waals surface area contributed by atoms with Gasteiger partial charge in [0.1, 0.15) is 11.4 Å². The molecule has 2 aromatic heterocycles. The van der Waals surface area contributed by atoms with E-state index in [-0.39, 0.29) is 79.5 Å². The number of hydrogen-bond donors (Lipinski definition) is 2. The Balaban J connectivity index is 0.000000300. The molecule has 298 valence electrons. The van der Waals surface area contributed by atoms with Gasteiger partial charge in [0, 0.05) is 39.2 Å². The van der Waals surface area contributed by atoms with Gasteiger partial charge in [0.25, 0.3) is 0 Å². The minimum absolute atomic E-state index is 0. The van der Waals surface area contributed by atoms with Crippen LogP contribution in [0.5, 0.6) is 23.3 Å². The molecule has 0 amide bonds. The zero-order valence-corrected chi connectivity index (χ0v) is 37.3. The number of halogens is 2. The van der Waals surface area contributed by atoms with Gasteiger partial charge in [-0.1, -0.05) is 59.0 Å². The molecule has 0 aliphatic carbocycles. The SMILES string of the molecule is CNS(=O)(=O)c1ccc([O-])c(N=Nc2c(C)nn(-c3cccc(Cl)c3)c2[O-])c1.CNS(=O)(=O)c1ccc([O-])c(N=Nc2c(C)nn(-c3cccc(Cl)c3)c2[O-])c1.[Cr].[Na+]. The van der Waals surface area contributed by atoms with Gasteiger partial charge in [-0.25, -0.2) is 35.6 Å². The topological polar surface area (TPSA) is 270 Å². The molecule has 4 aromatic carbocycles. The van der Waals surface area contributed by atoms with Gasteiger partial charge < -0.3 is 20.4 Å². The van der Waals surface area contributed by atoms with Crippen molar-refractivity contribution in [3.8, 4) is 34.6 Å². The maximum absolute atomic E-state index is 12.6. The Morgan fingerprint density at radius 3 is 1.28 bits per heavy atom. The first kappa shape index (κ1) is 48.0. The van der Waals surface area contributed by atoms with Gasteiger partial charge in [0.15, 0.2) is 0 Å². The van der Waals surface area contributed by atoms with Crippen molar-refractivity contribution in [1.29, 1.82) is 0 Å². The van der Waals surface area contributed by atoms with Crippen LogP contribution in [-0.4, -0.2) is 50.5 Å². The molecule has 0 saturated carbocycles. The van der Waals surface area contributed by atoms with E-state index in [1.54, 1.807) is 62.4 Å². The maximum Gasteiger partial charge on any atom is 1.00 e. The number of hydrogen-bond acceptors (Lipinski definition) is 14. The summed E-state index contributed by atoms with van der Waals surface area (Å²) in [7, 11) is -5.01. The predicted molar refractivity (Wildman–Crippen MR) is 198 cm³/mol. The second-order valence-electron chi connectivity index (χ2n) is 11.3. The van der Waals surface area contributed by atoms with E-state index in [1.807, 2.05) is 0 Å². The number of azo groups is 2. The number of nitrogens with one attached hydrogen (secondary N) is 2. The molecule has 0 fully saturated rings. The van der Waals surface area contributed by atoms with E-state index in [1.165, 1.54) is 14.1 Å². The molecule has 0 saturated heterocycles. The van der Waals surface area contributed by atoms with Crippen LogP contribution in [-0.2, 0) is 37.4 Å². The normalized spacial score (nSPS) is 11.6. The molecule has 58 heavy (non-hydrogen) atoms. The van der Waals surface area contributed by atoms with Gasteiger partial charge in [-0.05, 0) is 88.6 Å². The smallest absolute Gasteiger partial charge is 0.871 e. The molecule has 0 radical (unpaired) electrons. The number of nitrogens with zero attached hydrogens (tertiary/aromatic N) is 8. The number of aromatic nitrogens is 4. The summed E-state index contributed by atoms with van der Waals surface area (Å²) in [5, 5.41) is 73.5. The fraction of sp³-hybridized carbons (Fsp3) is 0.118. The number of sulfonamides is 2. The first-order chi connectivity index (χ1) is 26.4. The van der Waals surface area contributed by atoms with Crippen LogP contribution in [0.15, 0.2) is 115 Å². The van der Waals surface area contributed by atoms with Crippen LogP contribution >= 0.6 is 23.2 Å². The summed E-state index contributed by atoms with van der Waals surface area (Å²) >= 11 is 11.9. The van der Waals surface area contributed by atoms with Crippen molar-refractivity contribution in [1.82, 2.24) is 29.0 Å². The zero-order valence-electron chi connectivity index (χ0n) is 30.9. The third kappa shape index (κ3) is 11.0. The zero-order chi connectivity index (χ0) is 40.9. The second-order valence-corrected chi connectivity index (χ2v) is 16.0. The number of rotatable bonds is 10. The minimum atomic E-state index is -3.75. The van der Waals surface area contributed by atoms with Crippen LogP contribution < -0.4 is 59.4 Å². The van der Waals surface area contributed by atoms with Crippen LogP contribution in [0.2, 0.25) is 10.0 Å². The molecule has 6 rings (SSSR count). The molecule has 0 aliphatic heterocycles. The van der Waals surface area contributed by atoms with E-state index in [0.717, 1.165) is 45.8 Å². The van der Waals surface area contributed by atoms with Crippen molar-refractivity contribution in [2.75, 3.05) is 14.1 Å². The fourth-order valence-electron chi connectivity index (χ4n) is 4.72. The summed E-state index contributed by atoms with van der Waals surface area (Å²) in [5.74, 6) is -2.16. The molecule has 0 atom stereocenters. The Labute approximate surface area is 375 Å². The average molecular weight is 915 g/mol. The second kappa shape index (κ2) is 20.1. The quantitative estimate of drug-likeness (QED) is 0.148. The molecule has 2 heterocycles. The minimum Gasteiger partial charge on any atom is -0.871 e. The monoisotopic (exact) mass is 913 g/mol. The van der Waals surface area contributed by atoms with E-state index in [0.29, 0.717) is 32.8 Å². The molecule has 0 aliphatic rings. The third-order valence-corrected chi connectivity index (χ3v) is 10.9. The van der Waals surface area contributed by atoms with Crippen LogP contribution in [0.3, 0.4) is 0 Å². The van der Waals surface area contributed by atoms with Crippen molar-refractivity contribution in [3.05, 3.63) is 106 Å². The molecule has 0 bridgehead atoms. The predicted octanol–water partition coefficient (Wildman–Crippen LogP) is 1.61. The molecule has 24 heteroatoms. The summed E-state index contributed by atoms with van der Waals surface area (Å²) in [6.45, 7) is 3.13. The Morgan fingerprint density at radius 2 is 0.948 bits per heavy atom. The van der Waals surface area contributed by atoms with Gasteiger partial charge >= 0.3 is 29.6 Å². The van der Waals surface area contributed by atoms with E-state index in [9.17, 15) is 37.3 Å². The summed E-state index contributed by atoms with van der Waals surface area (Å²) in [4.78, 5) is -0.283. The van der Waals surface area contributed by atoms with E-state index in [2.05, 4.69) is 40.1 Å². The van der Waals surface area contributed by atoms with Crippen LogP contribution in [0.25, 0.3) is 11.4 Å². The Kier molecular flexibility index (Phi) is 16.6. The Hall–Kier alpha value is -4.37. The van der Waals surface area contributed by atoms with Gasteiger partial charge in [0.05, 0.1) is 43.9 Å². The standard InChI is InChI=1S/2C17H16ClN5O4S.Cr.Na/c2*1-10-16(17(25)23(22-10)12-5-3-4-11(18)8-12)21-20-14-9-13(6-7-15(14)24)28(26,27)19-2;;/h2*3-9,19,24-25H,1-2H3;;/q;;;+1/p-4. The van der Waals surface area contributed by atoms with Crippen LogP contribution in [0.4, 0.5) is 22.7 Å². The molecule has 0 unspecified atom stereocenters. The molecule has 2 N–H and O–H groups in total. The van der Waals surface area contributed by atoms with Gasteiger partial charge in [0.2, 0.25) is 20.0 Å². The summed E-state index contributed by atoms with van der Waals surface area (Å²) in [6.07, 6.45) is 0. The maximum atomic E-state index is 12.6.